The molecule has 1 heterocycles. The molecule has 0 spiro atoms. The first kappa shape index (κ1) is 12.2. The van der Waals surface area contributed by atoms with Crippen molar-refractivity contribution >= 4 is 17.4 Å². The third kappa shape index (κ3) is 4.44. The quantitative estimate of drug-likeness (QED) is 0.759. The minimum atomic E-state index is -0.343. The molecule has 0 aliphatic heterocycles. The Morgan fingerprint density at radius 3 is 2.87 bits per heavy atom. The summed E-state index contributed by atoms with van der Waals surface area (Å²) in [5, 5.41) is 12.8. The summed E-state index contributed by atoms with van der Waals surface area (Å²) in [6, 6.07) is 1.80. The Kier molecular flexibility index (Phi) is 4.78. The van der Waals surface area contributed by atoms with Crippen molar-refractivity contribution in [3.05, 3.63) is 17.0 Å². The summed E-state index contributed by atoms with van der Waals surface area (Å²) in [7, 11) is 0. The first-order valence-corrected chi connectivity index (χ1v) is 5.42. The summed E-state index contributed by atoms with van der Waals surface area (Å²) < 4.78 is 0. The van der Waals surface area contributed by atoms with Gasteiger partial charge in [-0.05, 0) is 24.9 Å². The first-order chi connectivity index (χ1) is 7.11. The van der Waals surface area contributed by atoms with E-state index in [1.165, 1.54) is 0 Å². The molecule has 0 radical (unpaired) electrons. The van der Waals surface area contributed by atoms with Gasteiger partial charge in [-0.15, -0.1) is 0 Å². The SMILES string of the molecule is CCCC(O)CNc1cc(C)nc(Cl)n1. The Balaban J connectivity index is 2.50. The molecule has 0 aromatic carbocycles. The maximum atomic E-state index is 9.51. The number of nitrogens with one attached hydrogen (secondary N) is 1. The second-order valence-electron chi connectivity index (χ2n) is 3.49. The number of aromatic nitrogens is 2. The van der Waals surface area contributed by atoms with E-state index in [9.17, 15) is 5.11 Å². The summed E-state index contributed by atoms with van der Waals surface area (Å²) in [6.07, 6.45) is 1.40. The van der Waals surface area contributed by atoms with Crippen molar-refractivity contribution in [2.45, 2.75) is 32.8 Å². The van der Waals surface area contributed by atoms with Gasteiger partial charge in [-0.3, -0.25) is 0 Å². The standard InChI is InChI=1S/C10H16ClN3O/c1-3-4-8(15)6-12-9-5-7(2)13-10(11)14-9/h5,8,15H,3-4,6H2,1-2H3,(H,12,13,14). The van der Waals surface area contributed by atoms with Gasteiger partial charge in [0.05, 0.1) is 6.10 Å². The number of anilines is 1. The van der Waals surface area contributed by atoms with Crippen molar-refractivity contribution in [2.75, 3.05) is 11.9 Å². The topological polar surface area (TPSA) is 58.0 Å². The Morgan fingerprint density at radius 1 is 1.53 bits per heavy atom. The van der Waals surface area contributed by atoms with Gasteiger partial charge in [0, 0.05) is 18.3 Å². The average molecular weight is 230 g/mol. The van der Waals surface area contributed by atoms with E-state index in [4.69, 9.17) is 11.6 Å². The summed E-state index contributed by atoms with van der Waals surface area (Å²) in [5.74, 6) is 0.655. The van der Waals surface area contributed by atoms with E-state index in [1.54, 1.807) is 6.07 Å². The molecule has 4 nitrogen and oxygen atoms in total. The van der Waals surface area contributed by atoms with Gasteiger partial charge in [-0.2, -0.15) is 0 Å². The molecule has 1 unspecified atom stereocenters. The van der Waals surface area contributed by atoms with Crippen LogP contribution in [0.2, 0.25) is 5.28 Å². The molecule has 2 N–H and O–H groups in total. The van der Waals surface area contributed by atoms with Crippen molar-refractivity contribution in [2.24, 2.45) is 0 Å². The van der Waals surface area contributed by atoms with Crippen LogP contribution < -0.4 is 5.32 Å². The van der Waals surface area contributed by atoms with Crippen molar-refractivity contribution in [1.82, 2.24) is 9.97 Å². The van der Waals surface area contributed by atoms with E-state index in [-0.39, 0.29) is 11.4 Å². The fourth-order valence-electron chi connectivity index (χ4n) is 1.28. The lowest BCUT2D eigenvalue weighted by atomic mass is 10.2. The average Bonchev–Trinajstić information content (AvgIpc) is 2.14. The molecule has 0 fully saturated rings. The summed E-state index contributed by atoms with van der Waals surface area (Å²) in [6.45, 7) is 4.37. The number of aliphatic hydroxyl groups excluding tert-OH is 1. The van der Waals surface area contributed by atoms with Gasteiger partial charge in [-0.25, -0.2) is 9.97 Å². The van der Waals surface area contributed by atoms with E-state index in [0.29, 0.717) is 12.4 Å². The van der Waals surface area contributed by atoms with Gasteiger partial charge in [0.1, 0.15) is 5.82 Å². The highest BCUT2D eigenvalue weighted by atomic mass is 35.5. The number of halogens is 1. The zero-order valence-corrected chi connectivity index (χ0v) is 9.75. The van der Waals surface area contributed by atoms with Crippen LogP contribution in [-0.2, 0) is 0 Å². The normalized spacial score (nSPS) is 12.5. The maximum Gasteiger partial charge on any atom is 0.224 e. The van der Waals surface area contributed by atoms with E-state index in [2.05, 4.69) is 15.3 Å². The summed E-state index contributed by atoms with van der Waals surface area (Å²) >= 11 is 5.70. The minimum absolute atomic E-state index is 0.225. The molecule has 0 amide bonds. The fraction of sp³-hybridized carbons (Fsp3) is 0.600. The van der Waals surface area contributed by atoms with Gasteiger partial charge in [0.2, 0.25) is 5.28 Å². The molecule has 84 valence electrons. The Bertz CT molecular complexity index is 299. The molecule has 1 rings (SSSR count). The molecule has 0 saturated carbocycles. The Morgan fingerprint density at radius 2 is 2.27 bits per heavy atom. The van der Waals surface area contributed by atoms with E-state index < -0.39 is 0 Å². The number of aliphatic hydroxyl groups is 1. The zero-order chi connectivity index (χ0) is 11.3. The fourth-order valence-corrected chi connectivity index (χ4v) is 1.50. The van der Waals surface area contributed by atoms with Gasteiger partial charge >= 0.3 is 0 Å². The third-order valence-corrected chi connectivity index (χ3v) is 2.14. The van der Waals surface area contributed by atoms with Gasteiger partial charge in [-0.1, -0.05) is 13.3 Å². The van der Waals surface area contributed by atoms with Crippen LogP contribution in [0.1, 0.15) is 25.5 Å². The number of rotatable bonds is 5. The number of aryl methyl sites for hydroxylation is 1. The lowest BCUT2D eigenvalue weighted by Crippen LogP contribution is -2.19. The maximum absolute atomic E-state index is 9.51. The van der Waals surface area contributed by atoms with Crippen LogP contribution in [0.15, 0.2) is 6.07 Å². The molecular weight excluding hydrogens is 214 g/mol. The second-order valence-corrected chi connectivity index (χ2v) is 3.83. The molecule has 5 heteroatoms. The molecular formula is C10H16ClN3O. The first-order valence-electron chi connectivity index (χ1n) is 5.05. The van der Waals surface area contributed by atoms with Crippen LogP contribution in [0.5, 0.6) is 0 Å². The Labute approximate surface area is 94.7 Å². The van der Waals surface area contributed by atoms with Crippen molar-refractivity contribution in [3.8, 4) is 0 Å². The lowest BCUT2D eigenvalue weighted by Gasteiger charge is -2.11. The molecule has 0 aliphatic rings. The summed E-state index contributed by atoms with van der Waals surface area (Å²) in [5.41, 5.74) is 0.808. The highest BCUT2D eigenvalue weighted by Gasteiger charge is 2.04. The Hall–Kier alpha value is -0.870. The van der Waals surface area contributed by atoms with Crippen LogP contribution in [0, 0.1) is 6.92 Å². The van der Waals surface area contributed by atoms with Crippen LogP contribution >= 0.6 is 11.6 Å². The molecule has 1 aromatic rings. The van der Waals surface area contributed by atoms with E-state index in [1.807, 2.05) is 13.8 Å². The predicted molar refractivity (Wildman–Crippen MR) is 61.2 cm³/mol. The lowest BCUT2D eigenvalue weighted by molar-refractivity contribution is 0.176. The van der Waals surface area contributed by atoms with Crippen molar-refractivity contribution in [3.63, 3.8) is 0 Å². The van der Waals surface area contributed by atoms with Crippen LogP contribution in [0.3, 0.4) is 0 Å². The van der Waals surface area contributed by atoms with E-state index in [0.717, 1.165) is 18.5 Å². The smallest absolute Gasteiger partial charge is 0.224 e. The monoisotopic (exact) mass is 229 g/mol. The molecule has 1 aromatic heterocycles. The molecule has 15 heavy (non-hydrogen) atoms. The van der Waals surface area contributed by atoms with Crippen molar-refractivity contribution < 1.29 is 5.11 Å². The predicted octanol–water partition coefficient (Wildman–Crippen LogP) is 2.01. The largest absolute Gasteiger partial charge is 0.391 e. The highest BCUT2D eigenvalue weighted by Crippen LogP contribution is 2.09. The van der Waals surface area contributed by atoms with E-state index >= 15 is 0 Å². The molecule has 0 aliphatic carbocycles. The third-order valence-electron chi connectivity index (χ3n) is 1.97. The number of hydrogen-bond donors (Lipinski definition) is 2. The number of nitrogens with zero attached hydrogens (tertiary/aromatic N) is 2. The van der Waals surface area contributed by atoms with Gasteiger partial charge < -0.3 is 10.4 Å². The molecule has 0 saturated heterocycles. The van der Waals surface area contributed by atoms with Crippen molar-refractivity contribution in [1.29, 1.82) is 0 Å². The minimum Gasteiger partial charge on any atom is -0.391 e. The molecule has 0 bridgehead atoms. The van der Waals surface area contributed by atoms with Gasteiger partial charge in [0.15, 0.2) is 0 Å². The van der Waals surface area contributed by atoms with Crippen LogP contribution in [0.25, 0.3) is 0 Å². The van der Waals surface area contributed by atoms with Crippen LogP contribution in [-0.4, -0.2) is 27.7 Å². The number of hydrogen-bond acceptors (Lipinski definition) is 4. The van der Waals surface area contributed by atoms with Crippen LogP contribution in [0.4, 0.5) is 5.82 Å². The second kappa shape index (κ2) is 5.88. The summed E-state index contributed by atoms with van der Waals surface area (Å²) in [4.78, 5) is 7.95. The molecule has 1 atom stereocenters. The van der Waals surface area contributed by atoms with Gasteiger partial charge in [0.25, 0.3) is 0 Å². The zero-order valence-electron chi connectivity index (χ0n) is 9.00. The highest BCUT2D eigenvalue weighted by molar-refractivity contribution is 6.28.